The van der Waals surface area contributed by atoms with Gasteiger partial charge >= 0.3 is 5.97 Å². The first-order valence-corrected chi connectivity index (χ1v) is 6.77. The Balaban J connectivity index is 2.56. The van der Waals surface area contributed by atoms with Crippen molar-refractivity contribution >= 4 is 39.1 Å². The number of carboxylic acid groups (broad SMARTS) is 1. The van der Waals surface area contributed by atoms with E-state index in [4.69, 9.17) is 5.11 Å². The van der Waals surface area contributed by atoms with E-state index in [0.29, 0.717) is 0 Å². The van der Waals surface area contributed by atoms with Crippen molar-refractivity contribution in [1.82, 2.24) is 5.32 Å². The van der Waals surface area contributed by atoms with Gasteiger partial charge in [0.2, 0.25) is 5.91 Å². The normalized spacial score (nSPS) is 12.5. The topological polar surface area (TPSA) is 66.4 Å². The van der Waals surface area contributed by atoms with Gasteiger partial charge < -0.3 is 10.4 Å². The largest absolute Gasteiger partial charge is 0.480 e. The maximum Gasteiger partial charge on any atom is 0.326 e. The molecule has 4 nitrogen and oxygen atoms in total. The number of aliphatic carboxylic acids is 1. The lowest BCUT2D eigenvalue weighted by Gasteiger charge is -2.17. The van der Waals surface area contributed by atoms with Crippen molar-refractivity contribution in [2.24, 2.45) is 5.92 Å². The van der Waals surface area contributed by atoms with Crippen molar-refractivity contribution in [3.63, 3.8) is 0 Å². The molecule has 0 saturated heterocycles. The van der Waals surface area contributed by atoms with Crippen LogP contribution in [0.15, 0.2) is 15.9 Å². The molecule has 0 aliphatic carbocycles. The van der Waals surface area contributed by atoms with Gasteiger partial charge in [0.25, 0.3) is 0 Å². The van der Waals surface area contributed by atoms with Gasteiger partial charge in [0.1, 0.15) is 6.04 Å². The molecule has 0 aliphatic heterocycles. The summed E-state index contributed by atoms with van der Waals surface area (Å²) in [6.07, 6.45) is 0.215. The second kappa shape index (κ2) is 6.16. The first kappa shape index (κ1) is 14.2. The smallest absolute Gasteiger partial charge is 0.326 e. The SMILES string of the molecule is CC(C)[C@@H](NC(=O)Cc1ccc(Br)s1)C(=O)O. The van der Waals surface area contributed by atoms with Crippen molar-refractivity contribution in [3.8, 4) is 0 Å². The molecule has 0 bridgehead atoms. The lowest BCUT2D eigenvalue weighted by atomic mass is 10.0. The van der Waals surface area contributed by atoms with Gasteiger partial charge in [-0.2, -0.15) is 0 Å². The Morgan fingerprint density at radius 1 is 1.47 bits per heavy atom. The Morgan fingerprint density at radius 2 is 2.12 bits per heavy atom. The van der Waals surface area contributed by atoms with Crippen molar-refractivity contribution in [3.05, 3.63) is 20.8 Å². The van der Waals surface area contributed by atoms with Crippen molar-refractivity contribution < 1.29 is 14.7 Å². The highest BCUT2D eigenvalue weighted by Crippen LogP contribution is 2.22. The molecule has 1 atom stereocenters. The summed E-state index contributed by atoms with van der Waals surface area (Å²) in [6, 6.07) is 2.88. The predicted molar refractivity (Wildman–Crippen MR) is 70.1 cm³/mol. The Bertz CT molecular complexity index is 417. The quantitative estimate of drug-likeness (QED) is 0.875. The highest BCUT2D eigenvalue weighted by Gasteiger charge is 2.23. The van der Waals surface area contributed by atoms with E-state index < -0.39 is 12.0 Å². The summed E-state index contributed by atoms with van der Waals surface area (Å²) < 4.78 is 0.957. The fourth-order valence-electron chi connectivity index (χ4n) is 1.34. The molecular weight excluding hydrogens is 306 g/mol. The van der Waals surface area contributed by atoms with Crippen molar-refractivity contribution in [1.29, 1.82) is 0 Å². The average Bonchev–Trinajstić information content (AvgIpc) is 2.59. The number of amides is 1. The molecule has 1 amide bonds. The Hall–Kier alpha value is -0.880. The summed E-state index contributed by atoms with van der Waals surface area (Å²) in [4.78, 5) is 23.5. The Labute approximate surface area is 112 Å². The number of carbonyl (C=O) groups excluding carboxylic acids is 1. The van der Waals surface area contributed by atoms with Gasteiger partial charge in [-0.25, -0.2) is 4.79 Å². The van der Waals surface area contributed by atoms with Gasteiger partial charge in [-0.3, -0.25) is 4.79 Å². The fourth-order valence-corrected chi connectivity index (χ4v) is 2.82. The van der Waals surface area contributed by atoms with Gasteiger partial charge in [0.15, 0.2) is 0 Å². The van der Waals surface area contributed by atoms with Crippen LogP contribution in [0, 0.1) is 5.92 Å². The van der Waals surface area contributed by atoms with E-state index in [1.165, 1.54) is 11.3 Å². The molecule has 0 saturated carbocycles. The van der Waals surface area contributed by atoms with Gasteiger partial charge in [-0.05, 0) is 34.0 Å². The number of halogens is 1. The molecule has 2 N–H and O–H groups in total. The molecule has 6 heteroatoms. The number of rotatable bonds is 5. The maximum atomic E-state index is 11.7. The minimum absolute atomic E-state index is 0.133. The number of carboxylic acids is 1. The summed E-state index contributed by atoms with van der Waals surface area (Å²) in [5.74, 6) is -1.40. The summed E-state index contributed by atoms with van der Waals surface area (Å²) >= 11 is 4.78. The highest BCUT2D eigenvalue weighted by molar-refractivity contribution is 9.11. The summed E-state index contributed by atoms with van der Waals surface area (Å²) in [5.41, 5.74) is 0. The van der Waals surface area contributed by atoms with Crippen LogP contribution in [0.2, 0.25) is 0 Å². The minimum atomic E-state index is -0.999. The van der Waals surface area contributed by atoms with Crippen LogP contribution in [0.1, 0.15) is 18.7 Å². The molecule has 1 aromatic heterocycles. The first-order chi connectivity index (χ1) is 7.90. The molecule has 0 unspecified atom stereocenters. The third-order valence-electron chi connectivity index (χ3n) is 2.21. The molecule has 1 rings (SSSR count). The number of carbonyl (C=O) groups is 2. The van der Waals surface area contributed by atoms with Crippen LogP contribution < -0.4 is 5.32 Å². The van der Waals surface area contributed by atoms with E-state index in [1.807, 2.05) is 12.1 Å². The second-order valence-corrected chi connectivity index (χ2v) is 6.56. The van der Waals surface area contributed by atoms with Crippen LogP contribution in [0.3, 0.4) is 0 Å². The van der Waals surface area contributed by atoms with Gasteiger partial charge in [-0.15, -0.1) is 11.3 Å². The predicted octanol–water partition coefficient (Wildman–Crippen LogP) is 2.28. The summed E-state index contributed by atoms with van der Waals surface area (Å²) in [5, 5.41) is 11.5. The molecule has 1 aromatic rings. The third-order valence-corrected chi connectivity index (χ3v) is 3.84. The molecule has 0 fully saturated rings. The van der Waals surface area contributed by atoms with Crippen LogP contribution in [-0.4, -0.2) is 23.0 Å². The van der Waals surface area contributed by atoms with Crippen LogP contribution >= 0.6 is 27.3 Å². The molecular formula is C11H14BrNO3S. The fraction of sp³-hybridized carbons (Fsp3) is 0.455. The zero-order valence-electron chi connectivity index (χ0n) is 9.57. The van der Waals surface area contributed by atoms with Gasteiger partial charge in [0, 0.05) is 4.88 Å². The van der Waals surface area contributed by atoms with E-state index in [0.717, 1.165) is 8.66 Å². The first-order valence-electron chi connectivity index (χ1n) is 5.16. The second-order valence-electron chi connectivity index (χ2n) is 4.01. The van der Waals surface area contributed by atoms with Gasteiger partial charge in [0.05, 0.1) is 10.2 Å². The van der Waals surface area contributed by atoms with E-state index in [-0.39, 0.29) is 18.2 Å². The monoisotopic (exact) mass is 319 g/mol. The summed E-state index contributed by atoms with van der Waals surface area (Å²) in [7, 11) is 0. The third kappa shape index (κ3) is 4.47. The number of thiophene rings is 1. The molecule has 0 aliphatic rings. The van der Waals surface area contributed by atoms with Crippen LogP contribution in [0.25, 0.3) is 0 Å². The van der Waals surface area contributed by atoms with E-state index in [9.17, 15) is 9.59 Å². The van der Waals surface area contributed by atoms with Gasteiger partial charge in [-0.1, -0.05) is 13.8 Å². The number of hydrogen-bond acceptors (Lipinski definition) is 3. The zero-order valence-corrected chi connectivity index (χ0v) is 12.0. The molecule has 1 heterocycles. The molecule has 0 radical (unpaired) electrons. The minimum Gasteiger partial charge on any atom is -0.480 e. The maximum absolute atomic E-state index is 11.7. The van der Waals surface area contributed by atoms with E-state index in [2.05, 4.69) is 21.2 Å². The summed E-state index contributed by atoms with van der Waals surface area (Å²) in [6.45, 7) is 3.53. The molecule has 0 spiro atoms. The van der Waals surface area contributed by atoms with E-state index in [1.54, 1.807) is 13.8 Å². The lowest BCUT2D eigenvalue weighted by molar-refractivity contribution is -0.143. The van der Waals surface area contributed by atoms with Crippen LogP contribution in [0.4, 0.5) is 0 Å². The van der Waals surface area contributed by atoms with E-state index >= 15 is 0 Å². The Morgan fingerprint density at radius 3 is 2.53 bits per heavy atom. The van der Waals surface area contributed by atoms with Crippen LogP contribution in [0.5, 0.6) is 0 Å². The number of hydrogen-bond donors (Lipinski definition) is 2. The zero-order chi connectivity index (χ0) is 13.0. The lowest BCUT2D eigenvalue weighted by Crippen LogP contribution is -2.44. The molecule has 0 aromatic carbocycles. The molecule has 17 heavy (non-hydrogen) atoms. The van der Waals surface area contributed by atoms with Crippen molar-refractivity contribution in [2.45, 2.75) is 26.3 Å². The molecule has 94 valence electrons. The van der Waals surface area contributed by atoms with Crippen LogP contribution in [-0.2, 0) is 16.0 Å². The number of nitrogens with one attached hydrogen (secondary N) is 1. The highest BCUT2D eigenvalue weighted by atomic mass is 79.9. The van der Waals surface area contributed by atoms with Crippen molar-refractivity contribution in [2.75, 3.05) is 0 Å². The Kier molecular flexibility index (Phi) is 5.14. The average molecular weight is 320 g/mol. The standard InChI is InChI=1S/C11H14BrNO3S/c1-6(2)10(11(15)16)13-9(14)5-7-3-4-8(12)17-7/h3-4,6,10H,5H2,1-2H3,(H,13,14)(H,15,16)/t10-/m1/s1.